The summed E-state index contributed by atoms with van der Waals surface area (Å²) < 4.78 is 5.02. The molecule has 1 saturated heterocycles. The van der Waals surface area contributed by atoms with Crippen LogP contribution in [0.25, 0.3) is 0 Å². The van der Waals surface area contributed by atoms with Gasteiger partial charge in [-0.05, 0) is 67.1 Å². The van der Waals surface area contributed by atoms with E-state index in [4.69, 9.17) is 4.74 Å². The highest BCUT2D eigenvalue weighted by Crippen LogP contribution is 2.45. The molecule has 198 valence electrons. The normalized spacial score (nSPS) is 20.2. The Kier molecular flexibility index (Phi) is 7.49. The summed E-state index contributed by atoms with van der Waals surface area (Å²) in [5.74, 6) is -2.85. The lowest BCUT2D eigenvalue weighted by atomic mass is 9.73. The quantitative estimate of drug-likeness (QED) is 0.289. The minimum absolute atomic E-state index is 0.153. The van der Waals surface area contributed by atoms with Crippen molar-refractivity contribution < 1.29 is 28.7 Å². The number of amides is 4. The first-order valence-electron chi connectivity index (χ1n) is 12.8. The van der Waals surface area contributed by atoms with Gasteiger partial charge in [0.25, 0.3) is 11.8 Å². The molecule has 1 saturated carbocycles. The van der Waals surface area contributed by atoms with Crippen molar-refractivity contribution in [2.45, 2.75) is 25.2 Å². The Labute approximate surface area is 225 Å². The van der Waals surface area contributed by atoms with Crippen LogP contribution >= 0.6 is 0 Å². The highest BCUT2D eigenvalue weighted by Gasteiger charge is 2.50. The number of hydrazine groups is 1. The molecule has 2 aliphatic rings. The maximum Gasteiger partial charge on any atom is 0.338 e. The van der Waals surface area contributed by atoms with Crippen LogP contribution in [0.5, 0.6) is 0 Å². The topological polar surface area (TPSA) is 122 Å². The fraction of sp³-hybridized carbons (Fsp3) is 0.233. The molecule has 2 fully saturated rings. The molecule has 9 heteroatoms. The number of hydrogen-bond donors (Lipinski definition) is 2. The number of benzene rings is 3. The van der Waals surface area contributed by atoms with Crippen LogP contribution in [0.4, 0.5) is 5.69 Å². The third-order valence-electron chi connectivity index (χ3n) is 7.24. The predicted molar refractivity (Wildman–Crippen MR) is 141 cm³/mol. The Morgan fingerprint density at radius 3 is 2.08 bits per heavy atom. The molecule has 0 aromatic heterocycles. The van der Waals surface area contributed by atoms with Gasteiger partial charge in [0.2, 0.25) is 11.8 Å². The summed E-state index contributed by atoms with van der Waals surface area (Å²) in [6.07, 6.45) is 2.14. The van der Waals surface area contributed by atoms with Gasteiger partial charge in [-0.1, -0.05) is 48.5 Å². The maximum absolute atomic E-state index is 13.3. The summed E-state index contributed by atoms with van der Waals surface area (Å²) >= 11 is 0. The number of ether oxygens (including phenoxy) is 1. The van der Waals surface area contributed by atoms with E-state index in [1.54, 1.807) is 30.3 Å². The number of nitrogens with zero attached hydrogens (tertiary/aromatic N) is 1. The number of carbonyl (C=O) groups is 5. The Morgan fingerprint density at radius 2 is 1.38 bits per heavy atom. The van der Waals surface area contributed by atoms with Crippen molar-refractivity contribution in [1.82, 2.24) is 10.9 Å². The van der Waals surface area contributed by atoms with Crippen LogP contribution in [-0.2, 0) is 19.1 Å². The van der Waals surface area contributed by atoms with Gasteiger partial charge in [-0.15, -0.1) is 0 Å². The summed E-state index contributed by atoms with van der Waals surface area (Å²) in [6.45, 7) is -0.606. The molecular formula is C30H27N3O6. The number of hydrogen-bond acceptors (Lipinski definition) is 6. The van der Waals surface area contributed by atoms with Gasteiger partial charge in [0.1, 0.15) is 0 Å². The van der Waals surface area contributed by atoms with E-state index in [9.17, 15) is 24.0 Å². The number of fused-ring (bicyclic) bond motifs is 1. The van der Waals surface area contributed by atoms with Crippen molar-refractivity contribution in [2.24, 2.45) is 11.8 Å². The molecule has 9 nitrogen and oxygen atoms in total. The van der Waals surface area contributed by atoms with Crippen molar-refractivity contribution in [3.05, 3.63) is 102 Å². The summed E-state index contributed by atoms with van der Waals surface area (Å²) in [4.78, 5) is 64.0. The van der Waals surface area contributed by atoms with Gasteiger partial charge in [0.05, 0.1) is 23.1 Å². The van der Waals surface area contributed by atoms with E-state index in [0.29, 0.717) is 24.1 Å². The van der Waals surface area contributed by atoms with Crippen LogP contribution in [0.2, 0.25) is 0 Å². The molecule has 1 aliphatic carbocycles. The highest BCUT2D eigenvalue weighted by molar-refractivity contribution is 6.22. The van der Waals surface area contributed by atoms with Crippen LogP contribution in [0.3, 0.4) is 0 Å². The number of rotatable bonds is 6. The number of esters is 1. The van der Waals surface area contributed by atoms with Gasteiger partial charge in [0, 0.05) is 5.56 Å². The van der Waals surface area contributed by atoms with Crippen LogP contribution in [0, 0.1) is 11.8 Å². The van der Waals surface area contributed by atoms with E-state index in [1.807, 2.05) is 18.2 Å². The smallest absolute Gasteiger partial charge is 0.338 e. The van der Waals surface area contributed by atoms with E-state index in [-0.39, 0.29) is 35.1 Å². The molecule has 39 heavy (non-hydrogen) atoms. The zero-order chi connectivity index (χ0) is 27.4. The lowest BCUT2D eigenvalue weighted by Crippen LogP contribution is -2.43. The molecule has 0 radical (unpaired) electrons. The maximum atomic E-state index is 13.3. The Balaban J connectivity index is 1.15. The van der Waals surface area contributed by atoms with Gasteiger partial charge in [0.15, 0.2) is 6.61 Å². The van der Waals surface area contributed by atoms with Gasteiger partial charge in [-0.3, -0.25) is 34.9 Å². The Bertz CT molecular complexity index is 1390. The average Bonchev–Trinajstić information content (AvgIpc) is 3.24. The van der Waals surface area contributed by atoms with Crippen molar-refractivity contribution in [3.8, 4) is 0 Å². The highest BCUT2D eigenvalue weighted by atomic mass is 16.5. The Hall–Kier alpha value is -4.79. The summed E-state index contributed by atoms with van der Waals surface area (Å²) in [7, 11) is 0. The van der Waals surface area contributed by atoms with Crippen molar-refractivity contribution in [1.29, 1.82) is 0 Å². The van der Waals surface area contributed by atoms with Gasteiger partial charge in [-0.2, -0.15) is 0 Å². The minimum Gasteiger partial charge on any atom is -0.452 e. The monoisotopic (exact) mass is 525 g/mol. The van der Waals surface area contributed by atoms with E-state index < -0.39 is 24.4 Å². The second-order valence-corrected chi connectivity index (χ2v) is 9.64. The number of imide groups is 1. The van der Waals surface area contributed by atoms with Gasteiger partial charge >= 0.3 is 5.97 Å². The molecule has 1 aliphatic heterocycles. The third-order valence-corrected chi connectivity index (χ3v) is 7.24. The average molecular weight is 526 g/mol. The zero-order valence-electron chi connectivity index (χ0n) is 21.0. The fourth-order valence-electron chi connectivity index (χ4n) is 5.25. The van der Waals surface area contributed by atoms with Crippen molar-refractivity contribution in [3.63, 3.8) is 0 Å². The number of carbonyl (C=O) groups excluding carboxylic acids is 5. The SMILES string of the molecule is O=C(COC(=O)c1ccc(N2C(=O)[C@@H]3CC[C@@H](c4ccccc4)C[C@H]3C2=O)cc1)NNC(=O)c1ccccc1. The van der Waals surface area contributed by atoms with E-state index >= 15 is 0 Å². The van der Waals surface area contributed by atoms with Crippen LogP contribution < -0.4 is 15.8 Å². The van der Waals surface area contributed by atoms with Crippen LogP contribution in [-0.4, -0.2) is 36.2 Å². The molecule has 3 aromatic carbocycles. The minimum atomic E-state index is -0.760. The number of anilines is 1. The van der Waals surface area contributed by atoms with Crippen molar-refractivity contribution in [2.75, 3.05) is 11.5 Å². The van der Waals surface area contributed by atoms with Crippen molar-refractivity contribution >= 4 is 35.3 Å². The molecule has 0 bridgehead atoms. The first-order chi connectivity index (χ1) is 18.9. The summed E-state index contributed by atoms with van der Waals surface area (Å²) in [5.41, 5.74) is 6.52. The lowest BCUT2D eigenvalue weighted by Gasteiger charge is -2.28. The largest absolute Gasteiger partial charge is 0.452 e. The van der Waals surface area contributed by atoms with E-state index in [2.05, 4.69) is 23.0 Å². The molecule has 0 unspecified atom stereocenters. The molecule has 1 heterocycles. The second kappa shape index (κ2) is 11.3. The molecule has 5 rings (SSSR count). The summed E-state index contributed by atoms with van der Waals surface area (Å²) in [5, 5.41) is 0. The third kappa shape index (κ3) is 5.57. The zero-order valence-corrected chi connectivity index (χ0v) is 21.0. The molecular weight excluding hydrogens is 498 g/mol. The van der Waals surface area contributed by atoms with E-state index in [1.165, 1.54) is 34.7 Å². The molecule has 4 amide bonds. The Morgan fingerprint density at radius 1 is 0.744 bits per heavy atom. The molecule has 2 N–H and O–H groups in total. The summed E-state index contributed by atoms with van der Waals surface area (Å²) in [6, 6.07) is 24.3. The van der Waals surface area contributed by atoms with Crippen LogP contribution in [0.15, 0.2) is 84.9 Å². The number of nitrogens with one attached hydrogen (secondary N) is 2. The fourth-order valence-corrected chi connectivity index (χ4v) is 5.25. The second-order valence-electron chi connectivity index (χ2n) is 9.64. The predicted octanol–water partition coefficient (Wildman–Crippen LogP) is 3.38. The first kappa shape index (κ1) is 25.8. The van der Waals surface area contributed by atoms with Gasteiger partial charge < -0.3 is 4.74 Å². The first-order valence-corrected chi connectivity index (χ1v) is 12.8. The van der Waals surface area contributed by atoms with Gasteiger partial charge in [-0.25, -0.2) is 4.79 Å². The molecule has 3 aromatic rings. The molecule has 3 atom stereocenters. The molecule has 0 spiro atoms. The van der Waals surface area contributed by atoms with E-state index in [0.717, 1.165) is 6.42 Å². The lowest BCUT2D eigenvalue weighted by molar-refractivity contribution is -0.125. The van der Waals surface area contributed by atoms with Crippen LogP contribution in [0.1, 0.15) is 51.5 Å². The standard InChI is InChI=1S/C30H27N3O6/c34-26(31-32-27(35)20-9-5-2-6-10-20)18-39-30(38)21-11-14-23(15-12-21)33-28(36)24-16-13-22(17-25(24)29(33)37)19-7-3-1-4-8-19/h1-12,14-15,22,24-25H,13,16-18H2,(H,31,34)(H,32,35)/t22-,24-,25-/m1/s1.